The molecule has 0 aromatic carbocycles. The predicted octanol–water partition coefficient (Wildman–Crippen LogP) is 0.286. The summed E-state index contributed by atoms with van der Waals surface area (Å²) in [4.78, 5) is 25.2. The maximum absolute atomic E-state index is 11.9. The molecule has 7 heteroatoms. The lowest BCUT2D eigenvalue weighted by molar-refractivity contribution is -0.130. The van der Waals surface area contributed by atoms with Crippen LogP contribution in [0.2, 0.25) is 0 Å². The Morgan fingerprint density at radius 3 is 2.87 bits per heavy atom. The minimum Gasteiger partial charge on any atom is -0.378 e. The average Bonchev–Trinajstić information content (AvgIpc) is 2.61. The summed E-state index contributed by atoms with van der Waals surface area (Å²) < 4.78 is 5.41. The highest BCUT2D eigenvalue weighted by molar-refractivity contribution is 5.78. The van der Waals surface area contributed by atoms with Crippen LogP contribution in [0.4, 0.5) is 5.82 Å². The van der Waals surface area contributed by atoms with Crippen molar-refractivity contribution in [2.75, 3.05) is 50.8 Å². The molecule has 126 valence electrons. The van der Waals surface area contributed by atoms with E-state index in [0.29, 0.717) is 6.54 Å². The number of hydrogen-bond donors (Lipinski definition) is 1. The zero-order valence-corrected chi connectivity index (χ0v) is 13.7. The number of nitrogens with two attached hydrogens (primary N) is 1. The molecule has 1 aromatic heterocycles. The summed E-state index contributed by atoms with van der Waals surface area (Å²) in [6, 6.07) is 2.08. The summed E-state index contributed by atoms with van der Waals surface area (Å²) in [5.41, 5.74) is 6.53. The molecule has 2 aliphatic rings. The third-order valence-corrected chi connectivity index (χ3v) is 4.55. The highest BCUT2D eigenvalue weighted by atomic mass is 16.5. The minimum absolute atomic E-state index is 0.0221. The van der Waals surface area contributed by atoms with Crippen molar-refractivity contribution in [3.63, 3.8) is 0 Å². The van der Waals surface area contributed by atoms with E-state index in [1.54, 1.807) is 0 Å². The quantitative estimate of drug-likeness (QED) is 0.862. The highest BCUT2D eigenvalue weighted by Crippen LogP contribution is 2.28. The molecule has 1 aromatic rings. The summed E-state index contributed by atoms with van der Waals surface area (Å²) in [6.45, 7) is 6.70. The van der Waals surface area contributed by atoms with Gasteiger partial charge in [0, 0.05) is 38.2 Å². The molecule has 0 radical (unpaired) electrons. The molecule has 1 amide bonds. The van der Waals surface area contributed by atoms with Crippen LogP contribution in [0, 0.1) is 6.92 Å². The average molecular weight is 319 g/mol. The number of aryl methyl sites for hydroxylation is 1. The molecule has 0 bridgehead atoms. The Hall–Kier alpha value is -1.73. The SMILES string of the molecule is Cc1nc(C2CCCN(C(=O)CN)C2)cc(N2CCOCC2)n1. The Kier molecular flexibility index (Phi) is 5.07. The number of anilines is 1. The van der Waals surface area contributed by atoms with E-state index in [0.717, 1.165) is 63.0 Å². The van der Waals surface area contributed by atoms with E-state index in [1.807, 2.05) is 11.8 Å². The molecule has 1 unspecified atom stereocenters. The molecule has 0 aliphatic carbocycles. The summed E-state index contributed by atoms with van der Waals surface area (Å²) >= 11 is 0. The van der Waals surface area contributed by atoms with Crippen LogP contribution < -0.4 is 10.6 Å². The molecular weight excluding hydrogens is 294 g/mol. The van der Waals surface area contributed by atoms with Gasteiger partial charge in [-0.2, -0.15) is 0 Å². The van der Waals surface area contributed by atoms with Gasteiger partial charge >= 0.3 is 0 Å². The number of piperidine rings is 1. The van der Waals surface area contributed by atoms with Crippen molar-refractivity contribution in [2.45, 2.75) is 25.7 Å². The molecule has 0 spiro atoms. The number of carbonyl (C=O) groups is 1. The number of carbonyl (C=O) groups excluding carboxylic acids is 1. The first kappa shape index (κ1) is 16.1. The van der Waals surface area contributed by atoms with Gasteiger partial charge in [-0.3, -0.25) is 4.79 Å². The first-order valence-electron chi connectivity index (χ1n) is 8.33. The Labute approximate surface area is 136 Å². The maximum atomic E-state index is 11.9. The largest absolute Gasteiger partial charge is 0.378 e. The van der Waals surface area contributed by atoms with Gasteiger partial charge in [0.15, 0.2) is 0 Å². The number of amides is 1. The summed E-state index contributed by atoms with van der Waals surface area (Å²) in [5, 5.41) is 0. The molecule has 7 nitrogen and oxygen atoms in total. The normalized spacial score (nSPS) is 22.3. The fourth-order valence-corrected chi connectivity index (χ4v) is 3.31. The van der Waals surface area contributed by atoms with Crippen LogP contribution in [0.3, 0.4) is 0 Å². The number of aromatic nitrogens is 2. The molecule has 3 heterocycles. The van der Waals surface area contributed by atoms with Crippen molar-refractivity contribution in [1.82, 2.24) is 14.9 Å². The Balaban J connectivity index is 1.78. The van der Waals surface area contributed by atoms with E-state index in [1.165, 1.54) is 0 Å². The van der Waals surface area contributed by atoms with Crippen LogP contribution in [0.5, 0.6) is 0 Å². The molecular formula is C16H25N5O2. The smallest absolute Gasteiger partial charge is 0.236 e. The number of likely N-dealkylation sites (tertiary alicyclic amines) is 1. The zero-order valence-electron chi connectivity index (χ0n) is 13.7. The molecule has 3 rings (SSSR count). The van der Waals surface area contributed by atoms with Gasteiger partial charge in [-0.05, 0) is 19.8 Å². The van der Waals surface area contributed by atoms with Gasteiger partial charge in [0.2, 0.25) is 5.91 Å². The van der Waals surface area contributed by atoms with E-state index in [9.17, 15) is 4.79 Å². The van der Waals surface area contributed by atoms with Crippen LogP contribution >= 0.6 is 0 Å². The minimum atomic E-state index is 0.0221. The molecule has 2 saturated heterocycles. The van der Waals surface area contributed by atoms with Crippen molar-refractivity contribution in [3.8, 4) is 0 Å². The second-order valence-corrected chi connectivity index (χ2v) is 6.18. The van der Waals surface area contributed by atoms with Crippen LogP contribution in [0.25, 0.3) is 0 Å². The lowest BCUT2D eigenvalue weighted by atomic mass is 9.94. The van der Waals surface area contributed by atoms with Crippen LogP contribution in [0.15, 0.2) is 6.07 Å². The van der Waals surface area contributed by atoms with Gasteiger partial charge in [0.1, 0.15) is 11.6 Å². The lowest BCUT2D eigenvalue weighted by Gasteiger charge is -2.33. The molecule has 2 aliphatic heterocycles. The Morgan fingerprint density at radius 2 is 2.13 bits per heavy atom. The topological polar surface area (TPSA) is 84.6 Å². The van der Waals surface area contributed by atoms with E-state index >= 15 is 0 Å². The number of hydrogen-bond acceptors (Lipinski definition) is 6. The number of rotatable bonds is 3. The van der Waals surface area contributed by atoms with Gasteiger partial charge in [-0.25, -0.2) is 9.97 Å². The molecule has 1 atom stereocenters. The fourth-order valence-electron chi connectivity index (χ4n) is 3.31. The summed E-state index contributed by atoms with van der Waals surface area (Å²) in [6.07, 6.45) is 2.04. The lowest BCUT2D eigenvalue weighted by Crippen LogP contribution is -2.42. The maximum Gasteiger partial charge on any atom is 0.236 e. The molecule has 2 fully saturated rings. The summed E-state index contributed by atoms with van der Waals surface area (Å²) in [5.74, 6) is 2.04. The van der Waals surface area contributed by atoms with Gasteiger partial charge in [0.05, 0.1) is 25.5 Å². The van der Waals surface area contributed by atoms with Crippen molar-refractivity contribution in [2.24, 2.45) is 5.73 Å². The second-order valence-electron chi connectivity index (χ2n) is 6.18. The van der Waals surface area contributed by atoms with Gasteiger partial charge in [-0.15, -0.1) is 0 Å². The highest BCUT2D eigenvalue weighted by Gasteiger charge is 2.26. The Morgan fingerprint density at radius 1 is 1.35 bits per heavy atom. The Bertz CT molecular complexity index is 559. The van der Waals surface area contributed by atoms with E-state index < -0.39 is 0 Å². The van der Waals surface area contributed by atoms with Crippen molar-refractivity contribution in [1.29, 1.82) is 0 Å². The van der Waals surface area contributed by atoms with Gasteiger partial charge in [-0.1, -0.05) is 0 Å². The standard InChI is InChI=1S/C16H25N5O2/c1-12-18-14(9-15(19-12)20-5-7-23-8-6-20)13-3-2-4-21(11-13)16(22)10-17/h9,13H,2-8,10-11,17H2,1H3. The fraction of sp³-hybridized carbons (Fsp3) is 0.688. The zero-order chi connectivity index (χ0) is 16.2. The summed E-state index contributed by atoms with van der Waals surface area (Å²) in [7, 11) is 0. The number of nitrogens with zero attached hydrogens (tertiary/aromatic N) is 4. The van der Waals surface area contributed by atoms with E-state index in [2.05, 4.69) is 20.9 Å². The van der Waals surface area contributed by atoms with Crippen molar-refractivity contribution < 1.29 is 9.53 Å². The van der Waals surface area contributed by atoms with E-state index in [-0.39, 0.29) is 18.4 Å². The first-order valence-corrected chi connectivity index (χ1v) is 8.33. The monoisotopic (exact) mass is 319 g/mol. The van der Waals surface area contributed by atoms with Gasteiger partial charge in [0.25, 0.3) is 0 Å². The van der Waals surface area contributed by atoms with E-state index in [4.69, 9.17) is 10.5 Å². The number of morpholine rings is 1. The third-order valence-electron chi connectivity index (χ3n) is 4.55. The predicted molar refractivity (Wildman–Crippen MR) is 87.4 cm³/mol. The van der Waals surface area contributed by atoms with Crippen LogP contribution in [-0.4, -0.2) is 66.7 Å². The molecule has 0 saturated carbocycles. The van der Waals surface area contributed by atoms with Gasteiger partial charge < -0.3 is 20.3 Å². The van der Waals surface area contributed by atoms with Crippen molar-refractivity contribution in [3.05, 3.63) is 17.6 Å². The molecule has 2 N–H and O–H groups in total. The molecule has 23 heavy (non-hydrogen) atoms. The second kappa shape index (κ2) is 7.23. The first-order chi connectivity index (χ1) is 11.2. The third kappa shape index (κ3) is 3.79. The van der Waals surface area contributed by atoms with Crippen LogP contribution in [-0.2, 0) is 9.53 Å². The van der Waals surface area contributed by atoms with Crippen LogP contribution in [0.1, 0.15) is 30.3 Å². The van der Waals surface area contributed by atoms with Crippen molar-refractivity contribution >= 4 is 11.7 Å². The number of ether oxygens (including phenoxy) is 1.